The number of hydrogen-bond acceptors (Lipinski definition) is 5. The van der Waals surface area contributed by atoms with Gasteiger partial charge in [0, 0.05) is 24.3 Å². The summed E-state index contributed by atoms with van der Waals surface area (Å²) in [6, 6.07) is 28.5. The van der Waals surface area contributed by atoms with Gasteiger partial charge in [0.15, 0.2) is 0 Å². The second-order valence-corrected chi connectivity index (χ2v) is 12.0. The first-order chi connectivity index (χ1) is 19.7. The van der Waals surface area contributed by atoms with Gasteiger partial charge in [-0.25, -0.2) is 17.5 Å². The van der Waals surface area contributed by atoms with E-state index in [9.17, 15) is 17.6 Å². The first-order valence-corrected chi connectivity index (χ1v) is 14.8. The van der Waals surface area contributed by atoms with Crippen molar-refractivity contribution in [1.82, 2.24) is 9.62 Å². The topological polar surface area (TPSA) is 90.5 Å². The van der Waals surface area contributed by atoms with Crippen LogP contribution in [0.25, 0.3) is 11.3 Å². The average Bonchev–Trinajstić information content (AvgIpc) is 3.26. The van der Waals surface area contributed by atoms with Gasteiger partial charge in [0.1, 0.15) is 5.82 Å². The molecule has 0 spiro atoms. The molecule has 0 saturated carbocycles. The maximum absolute atomic E-state index is 13.9. The Bertz CT molecular complexity index is 1690. The molecule has 7 nitrogen and oxygen atoms in total. The Balaban J connectivity index is 1.42. The van der Waals surface area contributed by atoms with Gasteiger partial charge in [-0.3, -0.25) is 4.79 Å². The smallest absolute Gasteiger partial charge is 0.258 e. The molecular weight excluding hydrogens is 539 g/mol. The molecule has 0 unspecified atom stereocenters. The molecule has 1 heterocycles. The van der Waals surface area contributed by atoms with Gasteiger partial charge in [-0.1, -0.05) is 66.7 Å². The lowest BCUT2D eigenvalue weighted by Crippen LogP contribution is -2.24. The molecule has 1 amide bonds. The minimum atomic E-state index is -3.53. The Kier molecular flexibility index (Phi) is 8.30. The molecule has 41 heavy (non-hydrogen) atoms. The first-order valence-electron chi connectivity index (χ1n) is 13.1. The van der Waals surface area contributed by atoms with Crippen molar-refractivity contribution < 1.29 is 17.6 Å². The van der Waals surface area contributed by atoms with Crippen molar-refractivity contribution in [1.29, 1.82) is 0 Å². The third-order valence-electron chi connectivity index (χ3n) is 6.64. The van der Waals surface area contributed by atoms with E-state index in [-0.39, 0.29) is 18.2 Å². The van der Waals surface area contributed by atoms with Gasteiger partial charge in [0.2, 0.25) is 10.0 Å². The number of carbonyl (C=O) groups excluding carboxylic acids is 1. The quantitative estimate of drug-likeness (QED) is 0.221. The van der Waals surface area contributed by atoms with E-state index in [1.165, 1.54) is 12.1 Å². The summed E-state index contributed by atoms with van der Waals surface area (Å²) in [6.45, 7) is 0.927. The molecule has 3 N–H and O–H groups in total. The standard InChI is InChI=1S/C32H31FN4O3S/c1-37(2)20-23-10-15-27(16-11-23)35-31(30-28-17-14-26(33)18-29(28)36-32(30)38)25-12-8-22(9-13-25)19-34-41(39,40)21-24-6-4-3-5-7-24/h3-18,34-35H,19-21H2,1-2H3,(H,36,38)/b31-30-. The highest BCUT2D eigenvalue weighted by atomic mass is 32.2. The van der Waals surface area contributed by atoms with E-state index in [0.717, 1.165) is 28.9 Å². The van der Waals surface area contributed by atoms with Gasteiger partial charge >= 0.3 is 0 Å². The number of rotatable bonds is 10. The number of sulfonamides is 1. The van der Waals surface area contributed by atoms with E-state index in [1.54, 1.807) is 30.3 Å². The molecule has 4 aromatic rings. The van der Waals surface area contributed by atoms with E-state index in [2.05, 4.69) is 20.3 Å². The molecule has 1 aliphatic rings. The molecule has 0 atom stereocenters. The predicted octanol–water partition coefficient (Wildman–Crippen LogP) is 5.44. The van der Waals surface area contributed by atoms with Gasteiger partial charge in [0.25, 0.3) is 5.91 Å². The third kappa shape index (κ3) is 7.07. The van der Waals surface area contributed by atoms with Crippen LogP contribution in [0.2, 0.25) is 0 Å². The van der Waals surface area contributed by atoms with Crippen molar-refractivity contribution in [3.8, 4) is 0 Å². The molecular formula is C32H31FN4O3S. The Morgan fingerprint density at radius 1 is 0.854 bits per heavy atom. The van der Waals surface area contributed by atoms with Crippen LogP contribution in [-0.4, -0.2) is 33.3 Å². The summed E-state index contributed by atoms with van der Waals surface area (Å²) in [5.41, 5.74) is 6.10. The number of carbonyl (C=O) groups is 1. The Labute approximate surface area is 239 Å². The summed E-state index contributed by atoms with van der Waals surface area (Å²) < 4.78 is 41.7. The molecule has 210 valence electrons. The minimum absolute atomic E-state index is 0.103. The van der Waals surface area contributed by atoms with Gasteiger partial charge in [0.05, 0.1) is 22.7 Å². The fourth-order valence-electron chi connectivity index (χ4n) is 4.70. The number of fused-ring (bicyclic) bond motifs is 1. The third-order valence-corrected chi connectivity index (χ3v) is 7.93. The maximum atomic E-state index is 13.9. The van der Waals surface area contributed by atoms with Crippen LogP contribution in [0.4, 0.5) is 15.8 Å². The summed E-state index contributed by atoms with van der Waals surface area (Å²) >= 11 is 0. The number of halogens is 1. The lowest BCUT2D eigenvalue weighted by Gasteiger charge is -2.16. The van der Waals surface area contributed by atoms with Crippen molar-refractivity contribution in [3.63, 3.8) is 0 Å². The van der Waals surface area contributed by atoms with Gasteiger partial charge < -0.3 is 15.5 Å². The Hall–Kier alpha value is -4.31. The van der Waals surface area contributed by atoms with Crippen LogP contribution in [0.5, 0.6) is 0 Å². The van der Waals surface area contributed by atoms with E-state index < -0.39 is 15.8 Å². The second kappa shape index (κ2) is 12.1. The molecule has 0 fully saturated rings. The van der Waals surface area contributed by atoms with Crippen LogP contribution in [-0.2, 0) is 33.7 Å². The van der Waals surface area contributed by atoms with Crippen molar-refractivity contribution in [2.45, 2.75) is 18.8 Å². The lowest BCUT2D eigenvalue weighted by molar-refractivity contribution is -0.110. The number of amides is 1. The monoisotopic (exact) mass is 570 g/mol. The highest BCUT2D eigenvalue weighted by molar-refractivity contribution is 7.88. The molecule has 0 bridgehead atoms. The summed E-state index contributed by atoms with van der Waals surface area (Å²) in [5, 5.41) is 6.17. The molecule has 1 aliphatic heterocycles. The van der Waals surface area contributed by atoms with Crippen LogP contribution in [0.3, 0.4) is 0 Å². The Morgan fingerprint density at radius 2 is 1.54 bits per heavy atom. The fourth-order valence-corrected chi connectivity index (χ4v) is 5.82. The van der Waals surface area contributed by atoms with Crippen LogP contribution < -0.4 is 15.4 Å². The molecule has 0 aliphatic carbocycles. The number of hydrogen-bond donors (Lipinski definition) is 3. The summed E-state index contributed by atoms with van der Waals surface area (Å²) in [7, 11) is 0.484. The van der Waals surface area contributed by atoms with E-state index in [4.69, 9.17) is 0 Å². The van der Waals surface area contributed by atoms with Crippen LogP contribution in [0, 0.1) is 5.82 Å². The first kappa shape index (κ1) is 28.2. The zero-order valence-corrected chi connectivity index (χ0v) is 23.6. The van der Waals surface area contributed by atoms with Gasteiger partial charge in [-0.15, -0.1) is 0 Å². The van der Waals surface area contributed by atoms with Crippen LogP contribution in [0.15, 0.2) is 97.1 Å². The molecule has 4 aromatic carbocycles. The summed E-state index contributed by atoms with van der Waals surface area (Å²) in [6.07, 6.45) is 0. The normalized spacial score (nSPS) is 14.1. The highest BCUT2D eigenvalue weighted by Crippen LogP contribution is 2.38. The van der Waals surface area contributed by atoms with Gasteiger partial charge in [-0.2, -0.15) is 0 Å². The zero-order chi connectivity index (χ0) is 29.0. The maximum Gasteiger partial charge on any atom is 0.258 e. The van der Waals surface area contributed by atoms with Crippen molar-refractivity contribution in [2.75, 3.05) is 24.7 Å². The van der Waals surface area contributed by atoms with Crippen molar-refractivity contribution >= 4 is 38.6 Å². The van der Waals surface area contributed by atoms with Crippen LogP contribution in [0.1, 0.15) is 27.8 Å². The number of nitrogens with zero attached hydrogens (tertiary/aromatic N) is 1. The SMILES string of the molecule is CN(C)Cc1ccc(N/C(=C2\C(=O)Nc3cc(F)ccc32)c2ccc(CNS(=O)(=O)Cc3ccccc3)cc2)cc1. The fraction of sp³-hybridized carbons (Fsp3) is 0.156. The molecule has 5 rings (SSSR count). The largest absolute Gasteiger partial charge is 0.354 e. The van der Waals surface area contributed by atoms with Crippen LogP contribution >= 0.6 is 0 Å². The lowest BCUT2D eigenvalue weighted by atomic mass is 9.99. The predicted molar refractivity (Wildman–Crippen MR) is 162 cm³/mol. The number of anilines is 2. The summed E-state index contributed by atoms with van der Waals surface area (Å²) in [5.74, 6) is -0.875. The van der Waals surface area contributed by atoms with E-state index in [0.29, 0.717) is 28.1 Å². The van der Waals surface area contributed by atoms with Gasteiger partial charge in [-0.05, 0) is 66.7 Å². The van der Waals surface area contributed by atoms with Crippen molar-refractivity contribution in [3.05, 3.63) is 131 Å². The zero-order valence-electron chi connectivity index (χ0n) is 22.8. The average molecular weight is 571 g/mol. The Morgan fingerprint density at radius 3 is 2.22 bits per heavy atom. The highest BCUT2D eigenvalue weighted by Gasteiger charge is 2.29. The second-order valence-electron chi connectivity index (χ2n) is 10.2. The molecule has 0 radical (unpaired) electrons. The molecule has 0 aromatic heterocycles. The summed E-state index contributed by atoms with van der Waals surface area (Å²) in [4.78, 5) is 15.2. The minimum Gasteiger partial charge on any atom is -0.354 e. The molecule has 0 saturated heterocycles. The number of nitrogens with one attached hydrogen (secondary N) is 3. The molecule has 9 heteroatoms. The van der Waals surface area contributed by atoms with E-state index >= 15 is 0 Å². The van der Waals surface area contributed by atoms with E-state index in [1.807, 2.05) is 68.7 Å². The number of benzene rings is 4. The van der Waals surface area contributed by atoms with Crippen molar-refractivity contribution in [2.24, 2.45) is 0 Å².